The van der Waals surface area contributed by atoms with E-state index in [0.29, 0.717) is 17.5 Å². The minimum Gasteiger partial charge on any atom is -0.315 e. The van der Waals surface area contributed by atoms with Crippen LogP contribution in [0.5, 0.6) is 0 Å². The molecule has 0 aromatic heterocycles. The van der Waals surface area contributed by atoms with Gasteiger partial charge in [0, 0.05) is 25.3 Å². The number of benzene rings is 2. The molecule has 3 nitrogen and oxygen atoms in total. The van der Waals surface area contributed by atoms with Crippen LogP contribution in [0.4, 0.5) is 13.2 Å². The van der Waals surface area contributed by atoms with Gasteiger partial charge in [-0.25, -0.2) is 8.42 Å². The minimum absolute atomic E-state index is 0.0202. The molecular weight excluding hydrogens is 339 g/mol. The molecule has 128 valence electrons. The van der Waals surface area contributed by atoms with Crippen molar-refractivity contribution in [1.82, 2.24) is 5.32 Å². The van der Waals surface area contributed by atoms with Crippen LogP contribution in [-0.2, 0) is 16.0 Å². The summed E-state index contributed by atoms with van der Waals surface area (Å²) in [5.74, 6) is 0.397. The molecule has 1 heterocycles. The number of hydrogen-bond acceptors (Lipinski definition) is 3. The molecule has 0 saturated carbocycles. The molecule has 2 aromatic rings. The molecule has 2 aromatic carbocycles. The molecule has 1 fully saturated rings. The largest absolute Gasteiger partial charge is 0.417 e. The van der Waals surface area contributed by atoms with Crippen LogP contribution in [0.2, 0.25) is 0 Å². The third-order valence-electron chi connectivity index (χ3n) is 4.20. The number of alkyl halides is 3. The first kappa shape index (κ1) is 17.0. The summed E-state index contributed by atoms with van der Waals surface area (Å²) in [5.41, 5.74) is 0.536. The molecule has 1 N–H and O–H groups in total. The maximum atomic E-state index is 13.4. The Morgan fingerprint density at radius 1 is 1.04 bits per heavy atom. The summed E-state index contributed by atoms with van der Waals surface area (Å²) in [6.45, 7) is 1.74. The Morgan fingerprint density at radius 3 is 2.12 bits per heavy atom. The van der Waals surface area contributed by atoms with Gasteiger partial charge in [0.1, 0.15) is 0 Å². The van der Waals surface area contributed by atoms with Gasteiger partial charge in [0.05, 0.1) is 10.5 Å². The fraction of sp³-hybridized carbons (Fsp3) is 0.294. The minimum atomic E-state index is -4.63. The van der Waals surface area contributed by atoms with Gasteiger partial charge in [-0.05, 0) is 28.8 Å². The van der Waals surface area contributed by atoms with Crippen molar-refractivity contribution in [2.24, 2.45) is 0 Å². The van der Waals surface area contributed by atoms with Crippen LogP contribution in [0, 0.1) is 0 Å². The highest BCUT2D eigenvalue weighted by Crippen LogP contribution is 2.38. The lowest BCUT2D eigenvalue weighted by Gasteiger charge is -2.27. The number of hydrogen-bond donors (Lipinski definition) is 1. The van der Waals surface area contributed by atoms with Gasteiger partial charge < -0.3 is 5.32 Å². The Labute approximate surface area is 138 Å². The van der Waals surface area contributed by atoms with E-state index in [9.17, 15) is 21.6 Å². The van der Waals surface area contributed by atoms with E-state index in [1.54, 1.807) is 12.1 Å². The van der Waals surface area contributed by atoms with Crippen LogP contribution in [0.15, 0.2) is 47.4 Å². The molecule has 0 radical (unpaired) electrons. The average Bonchev–Trinajstić information content (AvgIpc) is 2.44. The van der Waals surface area contributed by atoms with Crippen LogP contribution in [-0.4, -0.2) is 27.8 Å². The number of sulfone groups is 1. The van der Waals surface area contributed by atoms with Gasteiger partial charge in [-0.2, -0.15) is 13.2 Å². The fourth-order valence-corrected chi connectivity index (χ4v) is 3.35. The van der Waals surface area contributed by atoms with Crippen LogP contribution in [0.3, 0.4) is 0 Å². The summed E-state index contributed by atoms with van der Waals surface area (Å²) in [4.78, 5) is -0.337. The van der Waals surface area contributed by atoms with E-state index in [4.69, 9.17) is 0 Å². The highest BCUT2D eigenvalue weighted by atomic mass is 32.2. The Kier molecular flexibility index (Phi) is 4.17. The van der Waals surface area contributed by atoms with Crippen molar-refractivity contribution in [2.75, 3.05) is 19.3 Å². The Bertz CT molecular complexity index is 854. The Hall–Kier alpha value is -1.86. The molecule has 0 unspecified atom stereocenters. The average molecular weight is 355 g/mol. The predicted octanol–water partition coefficient (Wildman–Crippen LogP) is 3.46. The van der Waals surface area contributed by atoms with Crippen LogP contribution < -0.4 is 5.32 Å². The maximum absolute atomic E-state index is 13.4. The molecule has 1 aliphatic rings. The Balaban J connectivity index is 2.06. The first-order valence-corrected chi connectivity index (χ1v) is 9.28. The van der Waals surface area contributed by atoms with Gasteiger partial charge in [-0.1, -0.05) is 30.3 Å². The van der Waals surface area contributed by atoms with Crippen molar-refractivity contribution in [3.63, 3.8) is 0 Å². The van der Waals surface area contributed by atoms with Gasteiger partial charge in [-0.3, -0.25) is 0 Å². The zero-order chi connectivity index (χ0) is 17.5. The number of rotatable bonds is 3. The molecule has 0 amide bonds. The molecule has 0 aliphatic carbocycles. The smallest absolute Gasteiger partial charge is 0.315 e. The van der Waals surface area contributed by atoms with Crippen LogP contribution in [0.1, 0.15) is 17.0 Å². The van der Waals surface area contributed by atoms with Crippen molar-refractivity contribution in [3.8, 4) is 11.1 Å². The van der Waals surface area contributed by atoms with E-state index in [1.807, 2.05) is 12.1 Å². The monoisotopic (exact) mass is 355 g/mol. The quantitative estimate of drug-likeness (QED) is 0.917. The summed E-state index contributed by atoms with van der Waals surface area (Å²) in [6.07, 6.45) is -3.74. The zero-order valence-electron chi connectivity index (χ0n) is 12.9. The Morgan fingerprint density at radius 2 is 1.67 bits per heavy atom. The second-order valence-electron chi connectivity index (χ2n) is 5.95. The van der Waals surface area contributed by atoms with E-state index >= 15 is 0 Å². The molecule has 1 saturated heterocycles. The lowest BCUT2D eigenvalue weighted by molar-refractivity contribution is -0.137. The zero-order valence-corrected chi connectivity index (χ0v) is 13.7. The summed E-state index contributed by atoms with van der Waals surface area (Å²) >= 11 is 0. The summed E-state index contributed by atoms with van der Waals surface area (Å²) in [5, 5.41) is 3.15. The second kappa shape index (κ2) is 5.89. The summed E-state index contributed by atoms with van der Waals surface area (Å²) in [6, 6.07) is 10.1. The predicted molar refractivity (Wildman–Crippen MR) is 85.6 cm³/mol. The summed E-state index contributed by atoms with van der Waals surface area (Å²) < 4.78 is 63.2. The van der Waals surface area contributed by atoms with Crippen molar-refractivity contribution in [3.05, 3.63) is 53.6 Å². The van der Waals surface area contributed by atoms with Gasteiger partial charge in [0.15, 0.2) is 9.84 Å². The summed E-state index contributed by atoms with van der Waals surface area (Å²) in [7, 11) is -3.71. The topological polar surface area (TPSA) is 46.2 Å². The number of nitrogens with one attached hydrogen (secondary N) is 1. The molecule has 0 spiro atoms. The highest BCUT2D eigenvalue weighted by Gasteiger charge is 2.34. The standard InChI is InChI=1S/C17H16F3NO2S/c1-24(22,23)14-6-7-15(16(8-14)17(18,19)20)12-4-2-11(3-5-12)13-9-21-10-13/h2-8,13,21H,9-10H2,1H3. The SMILES string of the molecule is CS(=O)(=O)c1ccc(-c2ccc(C3CNC3)cc2)c(C(F)(F)F)c1. The second-order valence-corrected chi connectivity index (χ2v) is 7.97. The van der Waals surface area contributed by atoms with E-state index in [-0.39, 0.29) is 10.5 Å². The third-order valence-corrected chi connectivity index (χ3v) is 5.31. The molecular formula is C17H16F3NO2S. The van der Waals surface area contributed by atoms with Crippen molar-refractivity contribution >= 4 is 9.84 Å². The van der Waals surface area contributed by atoms with E-state index < -0.39 is 21.6 Å². The first-order chi connectivity index (χ1) is 11.2. The fourth-order valence-electron chi connectivity index (χ4n) is 2.70. The van der Waals surface area contributed by atoms with Crippen molar-refractivity contribution in [2.45, 2.75) is 17.0 Å². The normalized spacial score (nSPS) is 16.0. The molecule has 7 heteroatoms. The molecule has 3 rings (SSSR count). The number of halogens is 3. The van der Waals surface area contributed by atoms with Gasteiger partial charge in [0.2, 0.25) is 0 Å². The van der Waals surface area contributed by atoms with E-state index in [0.717, 1.165) is 24.9 Å². The van der Waals surface area contributed by atoms with Gasteiger partial charge in [0.25, 0.3) is 0 Å². The first-order valence-electron chi connectivity index (χ1n) is 7.38. The van der Waals surface area contributed by atoms with E-state index in [2.05, 4.69) is 5.32 Å². The molecule has 1 aliphatic heterocycles. The van der Waals surface area contributed by atoms with Crippen molar-refractivity contribution < 1.29 is 21.6 Å². The lowest BCUT2D eigenvalue weighted by atomic mass is 9.91. The van der Waals surface area contributed by atoms with Crippen LogP contribution >= 0.6 is 0 Å². The lowest BCUT2D eigenvalue weighted by Crippen LogP contribution is -2.39. The van der Waals surface area contributed by atoms with Gasteiger partial charge in [-0.15, -0.1) is 0 Å². The highest BCUT2D eigenvalue weighted by molar-refractivity contribution is 7.90. The third kappa shape index (κ3) is 3.32. The molecule has 0 bridgehead atoms. The molecule has 24 heavy (non-hydrogen) atoms. The van der Waals surface area contributed by atoms with Crippen molar-refractivity contribution in [1.29, 1.82) is 0 Å². The maximum Gasteiger partial charge on any atom is 0.417 e. The van der Waals surface area contributed by atoms with E-state index in [1.165, 1.54) is 12.1 Å². The molecule has 0 atom stereocenters. The van der Waals surface area contributed by atoms with Gasteiger partial charge >= 0.3 is 6.18 Å². The van der Waals surface area contributed by atoms with Crippen LogP contribution in [0.25, 0.3) is 11.1 Å².